The van der Waals surface area contributed by atoms with E-state index < -0.39 is 16.1 Å². The molecule has 1 aromatic carbocycles. The van der Waals surface area contributed by atoms with Crippen molar-refractivity contribution >= 4 is 27.5 Å². The van der Waals surface area contributed by atoms with Gasteiger partial charge in [-0.05, 0) is 30.9 Å². The minimum Gasteiger partial charge on any atom is -0.509 e. The Bertz CT molecular complexity index is 963. The number of fused-ring (bicyclic) bond motifs is 1. The zero-order valence-electron chi connectivity index (χ0n) is 15.9. The van der Waals surface area contributed by atoms with Crippen molar-refractivity contribution in [3.63, 3.8) is 0 Å². The summed E-state index contributed by atoms with van der Waals surface area (Å²) in [4.78, 5) is 14.9. The molecule has 0 radical (unpaired) electrons. The van der Waals surface area contributed by atoms with Crippen LogP contribution >= 0.6 is 0 Å². The van der Waals surface area contributed by atoms with Crippen LogP contribution < -0.4 is 5.32 Å². The maximum Gasteiger partial charge on any atom is 0.286 e. The third-order valence-electron chi connectivity index (χ3n) is 5.55. The van der Waals surface area contributed by atoms with Gasteiger partial charge in [-0.3, -0.25) is 4.79 Å². The second-order valence-corrected chi connectivity index (χ2v) is 9.27. The van der Waals surface area contributed by atoms with Crippen molar-refractivity contribution < 1.29 is 18.3 Å². The Morgan fingerprint density at radius 1 is 1.25 bits per heavy atom. The van der Waals surface area contributed by atoms with Gasteiger partial charge in [-0.15, -0.1) is 4.40 Å². The normalized spacial score (nSPS) is 23.5. The Morgan fingerprint density at radius 3 is 2.71 bits per heavy atom. The smallest absolute Gasteiger partial charge is 0.286 e. The summed E-state index contributed by atoms with van der Waals surface area (Å²) in [5, 5.41) is 13.8. The van der Waals surface area contributed by atoms with Crippen molar-refractivity contribution in [2.75, 3.05) is 11.9 Å². The number of anilines is 1. The van der Waals surface area contributed by atoms with Crippen molar-refractivity contribution in [2.24, 2.45) is 10.3 Å². The van der Waals surface area contributed by atoms with Crippen LogP contribution in [0.1, 0.15) is 45.4 Å². The zero-order chi connectivity index (χ0) is 19.9. The first kappa shape index (κ1) is 19.0. The topological polar surface area (TPSA) is 99.1 Å². The second-order valence-electron chi connectivity index (χ2n) is 7.70. The van der Waals surface area contributed by atoms with Gasteiger partial charge in [-0.25, -0.2) is 0 Å². The highest BCUT2D eigenvalue weighted by molar-refractivity contribution is 7.90. The van der Waals surface area contributed by atoms with Gasteiger partial charge in [0.15, 0.2) is 5.84 Å². The summed E-state index contributed by atoms with van der Waals surface area (Å²) in [5.74, 6) is 0.0213. The van der Waals surface area contributed by atoms with Gasteiger partial charge in [0, 0.05) is 6.54 Å². The number of hydrogen-bond acceptors (Lipinski definition) is 5. The number of carbonyl (C=O) groups excluding carboxylic acids is 1. The number of nitrogens with one attached hydrogen (secondary N) is 1. The SMILES string of the molecule is CCCCCN1C(=O)C(C2=NS(=O)(=O)c3ccccc3N2)=C(O)C1CC1CC1. The summed E-state index contributed by atoms with van der Waals surface area (Å²) in [7, 11) is -3.93. The maximum atomic E-state index is 13.1. The number of carbonyl (C=O) groups is 1. The molecule has 28 heavy (non-hydrogen) atoms. The van der Waals surface area contributed by atoms with E-state index in [0.29, 0.717) is 24.6 Å². The van der Waals surface area contributed by atoms with Crippen LogP contribution in [0.2, 0.25) is 0 Å². The van der Waals surface area contributed by atoms with Crippen LogP contribution in [0.15, 0.2) is 44.9 Å². The number of aliphatic hydroxyl groups is 1. The Hall–Kier alpha value is -2.35. The van der Waals surface area contributed by atoms with Crippen molar-refractivity contribution in [3.05, 3.63) is 35.6 Å². The summed E-state index contributed by atoms with van der Waals surface area (Å²) in [6.45, 7) is 2.64. The Labute approximate surface area is 165 Å². The first-order chi connectivity index (χ1) is 13.4. The van der Waals surface area contributed by atoms with E-state index >= 15 is 0 Å². The zero-order valence-corrected chi connectivity index (χ0v) is 16.7. The first-order valence-electron chi connectivity index (χ1n) is 9.88. The summed E-state index contributed by atoms with van der Waals surface area (Å²) < 4.78 is 28.9. The van der Waals surface area contributed by atoms with Crippen LogP contribution in [-0.2, 0) is 14.8 Å². The van der Waals surface area contributed by atoms with Gasteiger partial charge in [0.25, 0.3) is 15.9 Å². The monoisotopic (exact) mass is 403 g/mol. The predicted molar refractivity (Wildman–Crippen MR) is 107 cm³/mol. The predicted octanol–water partition coefficient (Wildman–Crippen LogP) is 3.21. The van der Waals surface area contributed by atoms with Gasteiger partial charge in [-0.2, -0.15) is 8.42 Å². The van der Waals surface area contributed by atoms with Crippen molar-refractivity contribution in [3.8, 4) is 0 Å². The van der Waals surface area contributed by atoms with E-state index in [0.717, 1.165) is 32.1 Å². The number of hydrogen-bond donors (Lipinski definition) is 2. The lowest BCUT2D eigenvalue weighted by molar-refractivity contribution is -0.126. The van der Waals surface area contributed by atoms with Crippen molar-refractivity contribution in [1.82, 2.24) is 4.90 Å². The van der Waals surface area contributed by atoms with Crippen LogP contribution in [-0.4, -0.2) is 42.8 Å². The standard InChI is InChI=1S/C20H25N3O4S/c1-2-3-6-11-23-15(12-13-9-10-13)18(24)17(20(23)25)19-21-14-7-4-5-8-16(14)28(26,27)22-19/h4-5,7-8,13,15,24H,2-3,6,9-12H2,1H3,(H,21,22). The lowest BCUT2D eigenvalue weighted by Gasteiger charge is -2.25. The van der Waals surface area contributed by atoms with E-state index in [1.807, 2.05) is 0 Å². The highest BCUT2D eigenvalue weighted by Crippen LogP contribution is 2.40. The van der Waals surface area contributed by atoms with Crippen LogP contribution in [0, 0.1) is 5.92 Å². The molecule has 1 atom stereocenters. The van der Waals surface area contributed by atoms with Gasteiger partial charge in [0.2, 0.25) is 0 Å². The van der Waals surface area contributed by atoms with Crippen LogP contribution in [0.3, 0.4) is 0 Å². The number of amides is 1. The van der Waals surface area contributed by atoms with Crippen molar-refractivity contribution in [1.29, 1.82) is 0 Å². The lowest BCUT2D eigenvalue weighted by atomic mass is 10.1. The molecule has 4 rings (SSSR count). The molecule has 150 valence electrons. The minimum atomic E-state index is -3.93. The fourth-order valence-corrected chi connectivity index (χ4v) is 4.98. The average Bonchev–Trinajstić information content (AvgIpc) is 3.44. The number of aliphatic hydroxyl groups excluding tert-OH is 1. The first-order valence-corrected chi connectivity index (χ1v) is 11.3. The number of nitrogens with zero attached hydrogens (tertiary/aromatic N) is 2. The van der Waals surface area contributed by atoms with Crippen LogP contribution in [0.5, 0.6) is 0 Å². The molecule has 1 amide bonds. The van der Waals surface area contributed by atoms with Crippen LogP contribution in [0.4, 0.5) is 5.69 Å². The number of para-hydroxylation sites is 1. The molecule has 1 aliphatic carbocycles. The lowest BCUT2D eigenvalue weighted by Crippen LogP contribution is -2.38. The number of sulfonamides is 1. The molecule has 2 N–H and O–H groups in total. The molecule has 1 saturated carbocycles. The van der Waals surface area contributed by atoms with Crippen molar-refractivity contribution in [2.45, 2.75) is 56.4 Å². The Balaban J connectivity index is 1.68. The molecule has 7 nitrogen and oxygen atoms in total. The van der Waals surface area contributed by atoms with Gasteiger partial charge >= 0.3 is 0 Å². The minimum absolute atomic E-state index is 0.0137. The highest BCUT2D eigenvalue weighted by atomic mass is 32.2. The Kier molecular flexibility index (Phi) is 4.91. The summed E-state index contributed by atoms with van der Waals surface area (Å²) in [6.07, 6.45) is 5.81. The van der Waals surface area contributed by atoms with E-state index in [-0.39, 0.29) is 28.0 Å². The van der Waals surface area contributed by atoms with Crippen LogP contribution in [0.25, 0.3) is 0 Å². The number of benzene rings is 1. The molecule has 0 spiro atoms. The molecule has 8 heteroatoms. The third kappa shape index (κ3) is 3.41. The van der Waals surface area contributed by atoms with Gasteiger partial charge in [-0.1, -0.05) is 44.7 Å². The molecule has 2 heterocycles. The molecular weight excluding hydrogens is 378 g/mol. The van der Waals surface area contributed by atoms with Gasteiger partial charge in [0.05, 0.1) is 11.7 Å². The quantitative estimate of drug-likeness (QED) is 0.681. The number of amidine groups is 1. The maximum absolute atomic E-state index is 13.1. The molecule has 0 bridgehead atoms. The van der Waals surface area contributed by atoms with E-state index in [1.54, 1.807) is 23.1 Å². The largest absolute Gasteiger partial charge is 0.509 e. The average molecular weight is 404 g/mol. The highest BCUT2D eigenvalue weighted by Gasteiger charge is 2.44. The molecule has 1 fully saturated rings. The molecule has 0 saturated heterocycles. The van der Waals surface area contributed by atoms with E-state index in [9.17, 15) is 18.3 Å². The third-order valence-corrected chi connectivity index (χ3v) is 6.88. The summed E-state index contributed by atoms with van der Waals surface area (Å²) >= 11 is 0. The fraction of sp³-hybridized carbons (Fsp3) is 0.500. The van der Waals surface area contributed by atoms with E-state index in [4.69, 9.17) is 0 Å². The number of rotatable bonds is 7. The summed E-state index contributed by atoms with van der Waals surface area (Å²) in [5.41, 5.74) is 0.351. The molecule has 1 unspecified atom stereocenters. The summed E-state index contributed by atoms with van der Waals surface area (Å²) in [6, 6.07) is 6.03. The fourth-order valence-electron chi connectivity index (χ4n) is 3.85. The van der Waals surface area contributed by atoms with Gasteiger partial charge < -0.3 is 15.3 Å². The Morgan fingerprint density at radius 2 is 2.00 bits per heavy atom. The molecule has 0 aromatic heterocycles. The van der Waals surface area contributed by atoms with Gasteiger partial charge in [0.1, 0.15) is 16.2 Å². The molecule has 2 aliphatic heterocycles. The van der Waals surface area contributed by atoms with E-state index in [1.165, 1.54) is 6.07 Å². The van der Waals surface area contributed by atoms with E-state index in [2.05, 4.69) is 16.6 Å². The molecule has 3 aliphatic rings. The second kappa shape index (κ2) is 7.24. The molecule has 1 aromatic rings. The number of unbranched alkanes of at least 4 members (excludes halogenated alkanes) is 2. The molecular formula is C20H25N3O4S.